The number of halogens is 3. The summed E-state index contributed by atoms with van der Waals surface area (Å²) in [5.74, 6) is -2.57. The van der Waals surface area contributed by atoms with Crippen molar-refractivity contribution >= 4 is 11.9 Å². The first kappa shape index (κ1) is 22.8. The van der Waals surface area contributed by atoms with Crippen LogP contribution in [0, 0.1) is 6.92 Å². The number of carbonyl (C=O) groups excluding carboxylic acids is 1. The molecule has 1 spiro atoms. The average Bonchev–Trinajstić information content (AvgIpc) is 2.73. The third-order valence-electron chi connectivity index (χ3n) is 5.83. The van der Waals surface area contributed by atoms with E-state index in [0.717, 1.165) is 38.0 Å². The molecule has 0 aliphatic carbocycles. The highest BCUT2D eigenvalue weighted by Crippen LogP contribution is 2.42. The molecule has 2 aromatic rings. The molecule has 1 amide bonds. The summed E-state index contributed by atoms with van der Waals surface area (Å²) >= 11 is 0. The first-order valence-corrected chi connectivity index (χ1v) is 10.1. The summed E-state index contributed by atoms with van der Waals surface area (Å²) in [6.45, 7) is 5.74. The lowest BCUT2D eigenvalue weighted by atomic mass is 9.67. The number of carbonyl (C=O) groups is 2. The van der Waals surface area contributed by atoms with Gasteiger partial charge in [-0.2, -0.15) is 13.2 Å². The lowest BCUT2D eigenvalue weighted by Crippen LogP contribution is -2.53. The molecule has 2 aromatic carbocycles. The van der Waals surface area contributed by atoms with Crippen LogP contribution in [-0.2, 0) is 16.8 Å². The zero-order chi connectivity index (χ0) is 22.6. The van der Waals surface area contributed by atoms with Gasteiger partial charge >= 0.3 is 12.1 Å². The van der Waals surface area contributed by atoms with Crippen molar-refractivity contribution in [3.05, 3.63) is 70.8 Å². The van der Waals surface area contributed by atoms with Gasteiger partial charge in [0.2, 0.25) is 0 Å². The third-order valence-corrected chi connectivity index (χ3v) is 5.83. The van der Waals surface area contributed by atoms with Crippen LogP contribution < -0.4 is 5.32 Å². The molecule has 1 saturated heterocycles. The molecule has 166 valence electrons. The SMILES string of the molecule is Cc1cccc2c1C1(CCNCC1)CN(Cc1ccccc1)C2=O.O=C(O)C(F)(F)F. The van der Waals surface area contributed by atoms with Crippen molar-refractivity contribution in [3.8, 4) is 0 Å². The average molecular weight is 434 g/mol. The minimum Gasteiger partial charge on any atom is -0.475 e. The number of aliphatic carboxylic acids is 1. The van der Waals surface area contributed by atoms with Gasteiger partial charge in [-0.15, -0.1) is 0 Å². The number of fused-ring (bicyclic) bond motifs is 2. The number of carboxylic acid groups (broad SMARTS) is 1. The Balaban J connectivity index is 0.000000339. The maximum Gasteiger partial charge on any atom is 0.490 e. The predicted molar refractivity (Wildman–Crippen MR) is 110 cm³/mol. The van der Waals surface area contributed by atoms with Gasteiger partial charge < -0.3 is 15.3 Å². The summed E-state index contributed by atoms with van der Waals surface area (Å²) in [6, 6.07) is 16.5. The zero-order valence-electron chi connectivity index (χ0n) is 17.2. The monoisotopic (exact) mass is 434 g/mol. The van der Waals surface area contributed by atoms with Gasteiger partial charge in [0, 0.05) is 24.1 Å². The summed E-state index contributed by atoms with van der Waals surface area (Å²) < 4.78 is 31.7. The molecule has 0 unspecified atom stereocenters. The fourth-order valence-corrected chi connectivity index (χ4v) is 4.48. The van der Waals surface area contributed by atoms with Crippen LogP contribution in [0.4, 0.5) is 13.2 Å². The number of amides is 1. The van der Waals surface area contributed by atoms with Gasteiger partial charge in [-0.3, -0.25) is 4.79 Å². The number of hydrogen-bond donors (Lipinski definition) is 2. The molecular formula is C23H25F3N2O3. The van der Waals surface area contributed by atoms with Crippen molar-refractivity contribution in [2.45, 2.75) is 37.9 Å². The van der Waals surface area contributed by atoms with Crippen LogP contribution in [0.3, 0.4) is 0 Å². The minimum absolute atomic E-state index is 0.106. The molecular weight excluding hydrogens is 409 g/mol. The van der Waals surface area contributed by atoms with Gasteiger partial charge in [0.1, 0.15) is 0 Å². The van der Waals surface area contributed by atoms with E-state index in [-0.39, 0.29) is 11.3 Å². The molecule has 0 aromatic heterocycles. The molecule has 0 radical (unpaired) electrons. The highest BCUT2D eigenvalue weighted by atomic mass is 19.4. The Morgan fingerprint density at radius 1 is 1.10 bits per heavy atom. The molecule has 31 heavy (non-hydrogen) atoms. The van der Waals surface area contributed by atoms with E-state index in [4.69, 9.17) is 9.90 Å². The van der Waals surface area contributed by atoms with Gasteiger partial charge in [0.15, 0.2) is 0 Å². The van der Waals surface area contributed by atoms with E-state index in [1.807, 2.05) is 30.3 Å². The molecule has 2 aliphatic rings. The summed E-state index contributed by atoms with van der Waals surface area (Å²) in [6.07, 6.45) is -2.88. The number of carboxylic acids is 1. The van der Waals surface area contributed by atoms with E-state index < -0.39 is 12.1 Å². The lowest BCUT2D eigenvalue weighted by Gasteiger charge is -2.47. The van der Waals surface area contributed by atoms with Crippen LogP contribution in [0.5, 0.6) is 0 Å². The lowest BCUT2D eigenvalue weighted by molar-refractivity contribution is -0.192. The van der Waals surface area contributed by atoms with E-state index >= 15 is 0 Å². The fourth-order valence-electron chi connectivity index (χ4n) is 4.48. The second-order valence-electron chi connectivity index (χ2n) is 7.98. The van der Waals surface area contributed by atoms with Crippen molar-refractivity contribution < 1.29 is 27.9 Å². The molecule has 2 N–H and O–H groups in total. The molecule has 4 rings (SSSR count). The van der Waals surface area contributed by atoms with Crippen LogP contribution in [0.15, 0.2) is 48.5 Å². The zero-order valence-corrected chi connectivity index (χ0v) is 17.2. The van der Waals surface area contributed by atoms with Crippen molar-refractivity contribution in [3.63, 3.8) is 0 Å². The minimum atomic E-state index is -5.08. The Morgan fingerprint density at radius 3 is 2.29 bits per heavy atom. The van der Waals surface area contributed by atoms with Crippen LogP contribution in [0.1, 0.15) is 39.9 Å². The Kier molecular flexibility index (Phi) is 6.69. The fraction of sp³-hybridized carbons (Fsp3) is 0.391. The van der Waals surface area contributed by atoms with E-state index in [0.29, 0.717) is 6.54 Å². The van der Waals surface area contributed by atoms with E-state index in [1.54, 1.807) is 0 Å². The van der Waals surface area contributed by atoms with E-state index in [9.17, 15) is 18.0 Å². The summed E-state index contributed by atoms with van der Waals surface area (Å²) in [7, 11) is 0. The number of rotatable bonds is 2. The smallest absolute Gasteiger partial charge is 0.475 e. The number of benzene rings is 2. The molecule has 8 heteroatoms. The Bertz CT molecular complexity index is 939. The van der Waals surface area contributed by atoms with Gasteiger partial charge in [0.05, 0.1) is 0 Å². The normalized spacial score (nSPS) is 17.5. The second kappa shape index (κ2) is 9.09. The Morgan fingerprint density at radius 2 is 1.71 bits per heavy atom. The number of piperidine rings is 1. The van der Waals surface area contributed by atoms with Crippen LogP contribution in [0.2, 0.25) is 0 Å². The third kappa shape index (κ3) is 5.07. The van der Waals surface area contributed by atoms with Crippen LogP contribution in [0.25, 0.3) is 0 Å². The maximum absolute atomic E-state index is 13.1. The van der Waals surface area contributed by atoms with Gasteiger partial charge in [-0.1, -0.05) is 42.5 Å². The maximum atomic E-state index is 13.1. The van der Waals surface area contributed by atoms with Crippen LogP contribution >= 0.6 is 0 Å². The summed E-state index contributed by atoms with van der Waals surface area (Å²) in [4.78, 5) is 24.1. The highest BCUT2D eigenvalue weighted by Gasteiger charge is 2.44. The standard InChI is InChI=1S/C21H24N2O.C2HF3O2/c1-16-6-5-9-18-19(16)21(10-12-22-13-11-21)15-23(20(18)24)14-17-7-3-2-4-8-17;3-2(4,5)1(6)7/h2-9,22H,10-15H2,1H3;(H,6,7). The summed E-state index contributed by atoms with van der Waals surface area (Å²) in [5, 5.41) is 10.6. The first-order valence-electron chi connectivity index (χ1n) is 10.1. The van der Waals surface area contributed by atoms with Crippen molar-refractivity contribution in [2.24, 2.45) is 0 Å². The number of nitrogens with one attached hydrogen (secondary N) is 1. The van der Waals surface area contributed by atoms with Gasteiger partial charge in [0.25, 0.3) is 5.91 Å². The second-order valence-corrected chi connectivity index (χ2v) is 7.98. The number of aryl methyl sites for hydroxylation is 1. The Labute approximate surface area is 178 Å². The van der Waals surface area contributed by atoms with E-state index in [1.165, 1.54) is 16.7 Å². The topological polar surface area (TPSA) is 69.6 Å². The van der Waals surface area contributed by atoms with Gasteiger partial charge in [-0.05, 0) is 55.6 Å². The number of nitrogens with zero attached hydrogens (tertiary/aromatic N) is 1. The molecule has 2 aliphatic heterocycles. The largest absolute Gasteiger partial charge is 0.490 e. The molecule has 5 nitrogen and oxygen atoms in total. The van der Waals surface area contributed by atoms with Crippen LogP contribution in [-0.4, -0.2) is 47.7 Å². The molecule has 0 bridgehead atoms. The Hall–Kier alpha value is -2.87. The quantitative estimate of drug-likeness (QED) is 0.752. The number of alkyl halides is 3. The van der Waals surface area contributed by atoms with Crippen molar-refractivity contribution in [2.75, 3.05) is 19.6 Å². The molecule has 0 atom stereocenters. The van der Waals surface area contributed by atoms with Crippen molar-refractivity contribution in [1.82, 2.24) is 10.2 Å². The van der Waals surface area contributed by atoms with Gasteiger partial charge in [-0.25, -0.2) is 4.79 Å². The first-order chi connectivity index (χ1) is 14.6. The molecule has 0 saturated carbocycles. The predicted octanol–water partition coefficient (Wildman–Crippen LogP) is 3.91. The molecule has 1 fully saturated rings. The van der Waals surface area contributed by atoms with E-state index in [2.05, 4.69) is 35.3 Å². The molecule has 2 heterocycles. The highest BCUT2D eigenvalue weighted by molar-refractivity contribution is 5.98. The van der Waals surface area contributed by atoms with Crippen molar-refractivity contribution in [1.29, 1.82) is 0 Å². The number of hydrogen-bond acceptors (Lipinski definition) is 3. The summed E-state index contributed by atoms with van der Waals surface area (Å²) in [5.41, 5.74) is 4.79.